The van der Waals surface area contributed by atoms with Crippen LogP contribution in [0.4, 0.5) is 0 Å². The fraction of sp³-hybridized carbons (Fsp3) is 0.867. The average Bonchev–Trinajstić information content (AvgIpc) is 2.43. The van der Waals surface area contributed by atoms with E-state index in [2.05, 4.69) is 0 Å². The van der Waals surface area contributed by atoms with Crippen molar-refractivity contribution in [3.05, 3.63) is 0 Å². The Morgan fingerprint density at radius 3 is 2.26 bits per heavy atom. The number of carbonyl (C=O) groups is 2. The quantitative estimate of drug-likeness (QED) is 0.806. The molecular formula is C15H27NO3. The van der Waals surface area contributed by atoms with Crippen LogP contribution in [0.5, 0.6) is 0 Å². The molecular weight excluding hydrogens is 242 g/mol. The number of carboxylic acid groups (broad SMARTS) is 1. The molecule has 0 aromatic carbocycles. The number of rotatable bonds is 6. The first-order chi connectivity index (χ1) is 8.97. The molecule has 0 aromatic rings. The standard InChI is InChI=1S/C15H27NO3/c1-4-12(3)16(10-11(2)15(18)19)14(17)13-8-6-5-7-9-13/h11-13H,4-10H2,1-3H3,(H,18,19). The fourth-order valence-corrected chi connectivity index (χ4v) is 2.66. The van der Waals surface area contributed by atoms with E-state index < -0.39 is 11.9 Å². The van der Waals surface area contributed by atoms with Gasteiger partial charge in [-0.15, -0.1) is 0 Å². The third kappa shape index (κ3) is 4.51. The van der Waals surface area contributed by atoms with E-state index in [4.69, 9.17) is 5.11 Å². The Kier molecular flexibility index (Phi) is 6.32. The first-order valence-corrected chi connectivity index (χ1v) is 7.50. The van der Waals surface area contributed by atoms with Gasteiger partial charge in [0, 0.05) is 18.5 Å². The van der Waals surface area contributed by atoms with Gasteiger partial charge in [0.2, 0.25) is 5.91 Å². The van der Waals surface area contributed by atoms with Crippen LogP contribution in [0.3, 0.4) is 0 Å². The molecule has 0 bridgehead atoms. The minimum absolute atomic E-state index is 0.115. The van der Waals surface area contributed by atoms with Crippen LogP contribution in [-0.4, -0.2) is 34.5 Å². The summed E-state index contributed by atoms with van der Waals surface area (Å²) in [6, 6.07) is 0.122. The van der Waals surface area contributed by atoms with Gasteiger partial charge in [-0.3, -0.25) is 9.59 Å². The average molecular weight is 269 g/mol. The van der Waals surface area contributed by atoms with Crippen molar-refractivity contribution in [1.29, 1.82) is 0 Å². The van der Waals surface area contributed by atoms with Gasteiger partial charge in [-0.25, -0.2) is 0 Å². The third-order valence-corrected chi connectivity index (χ3v) is 4.25. The molecule has 1 rings (SSSR count). The lowest BCUT2D eigenvalue weighted by Crippen LogP contribution is -2.45. The van der Waals surface area contributed by atoms with Gasteiger partial charge in [-0.1, -0.05) is 33.1 Å². The van der Waals surface area contributed by atoms with E-state index in [1.807, 2.05) is 13.8 Å². The summed E-state index contributed by atoms with van der Waals surface area (Å²) < 4.78 is 0. The Bertz CT molecular complexity index is 311. The summed E-state index contributed by atoms with van der Waals surface area (Å²) in [6.07, 6.45) is 6.27. The maximum Gasteiger partial charge on any atom is 0.308 e. The van der Waals surface area contributed by atoms with Gasteiger partial charge in [0.1, 0.15) is 0 Å². The minimum atomic E-state index is -0.829. The van der Waals surface area contributed by atoms with Gasteiger partial charge in [-0.05, 0) is 26.2 Å². The molecule has 2 atom stereocenters. The summed E-state index contributed by atoms with van der Waals surface area (Å²) in [4.78, 5) is 25.4. The summed E-state index contributed by atoms with van der Waals surface area (Å²) in [6.45, 7) is 6.05. The number of carboxylic acids is 1. The van der Waals surface area contributed by atoms with Crippen LogP contribution in [0.25, 0.3) is 0 Å². The molecule has 1 saturated carbocycles. The number of nitrogens with zero attached hydrogens (tertiary/aromatic N) is 1. The second-order valence-corrected chi connectivity index (χ2v) is 5.82. The Morgan fingerprint density at radius 2 is 1.79 bits per heavy atom. The summed E-state index contributed by atoms with van der Waals surface area (Å²) in [5.41, 5.74) is 0. The predicted octanol–water partition coefficient (Wildman–Crippen LogP) is 2.91. The molecule has 110 valence electrons. The van der Waals surface area contributed by atoms with Crippen LogP contribution in [0.2, 0.25) is 0 Å². The summed E-state index contributed by atoms with van der Waals surface area (Å²) in [5.74, 6) is -1.04. The zero-order chi connectivity index (χ0) is 14.4. The van der Waals surface area contributed by atoms with Crippen molar-refractivity contribution in [2.75, 3.05) is 6.54 Å². The molecule has 4 nitrogen and oxygen atoms in total. The first-order valence-electron chi connectivity index (χ1n) is 7.50. The Labute approximate surface area is 116 Å². The number of carbonyl (C=O) groups excluding carboxylic acids is 1. The van der Waals surface area contributed by atoms with Gasteiger partial charge < -0.3 is 10.0 Å². The Morgan fingerprint density at radius 1 is 1.21 bits per heavy atom. The van der Waals surface area contributed by atoms with Gasteiger partial charge in [0.05, 0.1) is 5.92 Å². The molecule has 19 heavy (non-hydrogen) atoms. The van der Waals surface area contributed by atoms with Crippen molar-refractivity contribution < 1.29 is 14.7 Å². The van der Waals surface area contributed by atoms with Crippen molar-refractivity contribution in [2.24, 2.45) is 11.8 Å². The van der Waals surface area contributed by atoms with Gasteiger partial charge in [0.15, 0.2) is 0 Å². The molecule has 1 aliphatic carbocycles. The van der Waals surface area contributed by atoms with Gasteiger partial charge in [0.25, 0.3) is 0 Å². The molecule has 0 spiro atoms. The van der Waals surface area contributed by atoms with E-state index in [0.717, 1.165) is 32.1 Å². The van der Waals surface area contributed by atoms with E-state index >= 15 is 0 Å². The van der Waals surface area contributed by atoms with Crippen molar-refractivity contribution in [1.82, 2.24) is 4.90 Å². The smallest absolute Gasteiger partial charge is 0.308 e. The highest BCUT2D eigenvalue weighted by molar-refractivity contribution is 5.80. The van der Waals surface area contributed by atoms with Crippen LogP contribution in [0.1, 0.15) is 59.3 Å². The van der Waals surface area contributed by atoms with Crippen molar-refractivity contribution in [2.45, 2.75) is 65.3 Å². The number of amides is 1. The molecule has 1 aliphatic rings. The minimum Gasteiger partial charge on any atom is -0.481 e. The molecule has 2 unspecified atom stereocenters. The van der Waals surface area contributed by atoms with Crippen LogP contribution in [-0.2, 0) is 9.59 Å². The molecule has 1 N–H and O–H groups in total. The molecule has 0 heterocycles. The highest BCUT2D eigenvalue weighted by atomic mass is 16.4. The number of aliphatic carboxylic acids is 1. The van der Waals surface area contributed by atoms with E-state index in [0.29, 0.717) is 6.54 Å². The Hall–Kier alpha value is -1.06. The second-order valence-electron chi connectivity index (χ2n) is 5.82. The normalized spacial score (nSPS) is 19.7. The lowest BCUT2D eigenvalue weighted by atomic mass is 9.87. The molecule has 4 heteroatoms. The van der Waals surface area contributed by atoms with Crippen LogP contribution < -0.4 is 0 Å². The van der Waals surface area contributed by atoms with Crippen LogP contribution >= 0.6 is 0 Å². The highest BCUT2D eigenvalue weighted by Gasteiger charge is 2.30. The SMILES string of the molecule is CCC(C)N(CC(C)C(=O)O)C(=O)C1CCCCC1. The monoisotopic (exact) mass is 269 g/mol. The highest BCUT2D eigenvalue weighted by Crippen LogP contribution is 2.26. The lowest BCUT2D eigenvalue weighted by Gasteiger charge is -2.34. The largest absolute Gasteiger partial charge is 0.481 e. The zero-order valence-electron chi connectivity index (χ0n) is 12.4. The summed E-state index contributed by atoms with van der Waals surface area (Å²) in [7, 11) is 0. The van der Waals surface area contributed by atoms with Gasteiger partial charge in [-0.2, -0.15) is 0 Å². The van der Waals surface area contributed by atoms with E-state index in [1.54, 1.807) is 11.8 Å². The zero-order valence-corrected chi connectivity index (χ0v) is 12.4. The molecule has 1 amide bonds. The fourth-order valence-electron chi connectivity index (χ4n) is 2.66. The van der Waals surface area contributed by atoms with Crippen LogP contribution in [0.15, 0.2) is 0 Å². The Balaban J connectivity index is 2.71. The third-order valence-electron chi connectivity index (χ3n) is 4.25. The topological polar surface area (TPSA) is 57.6 Å². The van der Waals surface area contributed by atoms with Crippen molar-refractivity contribution in [3.8, 4) is 0 Å². The van der Waals surface area contributed by atoms with E-state index in [-0.39, 0.29) is 17.9 Å². The first kappa shape index (κ1) is 16.0. The van der Waals surface area contributed by atoms with E-state index in [1.165, 1.54) is 6.42 Å². The van der Waals surface area contributed by atoms with Crippen molar-refractivity contribution in [3.63, 3.8) is 0 Å². The second kappa shape index (κ2) is 7.51. The maximum atomic E-state index is 12.6. The molecule has 0 aromatic heterocycles. The molecule has 1 fully saturated rings. The van der Waals surface area contributed by atoms with E-state index in [9.17, 15) is 9.59 Å². The molecule has 0 radical (unpaired) electrons. The number of hydrogen-bond acceptors (Lipinski definition) is 2. The molecule has 0 saturated heterocycles. The summed E-state index contributed by atoms with van der Waals surface area (Å²) in [5, 5.41) is 9.04. The summed E-state index contributed by atoms with van der Waals surface area (Å²) >= 11 is 0. The molecule has 0 aliphatic heterocycles. The predicted molar refractivity (Wildman–Crippen MR) is 74.8 cm³/mol. The van der Waals surface area contributed by atoms with Crippen molar-refractivity contribution >= 4 is 11.9 Å². The van der Waals surface area contributed by atoms with Crippen LogP contribution in [0, 0.1) is 11.8 Å². The maximum absolute atomic E-state index is 12.6. The number of hydrogen-bond donors (Lipinski definition) is 1. The van der Waals surface area contributed by atoms with Gasteiger partial charge >= 0.3 is 5.97 Å². The lowest BCUT2D eigenvalue weighted by molar-refractivity contribution is -0.145.